The average molecular weight is 391 g/mol. The first-order valence-corrected chi connectivity index (χ1v) is 9.47. The lowest BCUT2D eigenvalue weighted by Gasteiger charge is -2.34. The Kier molecular flexibility index (Phi) is 6.11. The van der Waals surface area contributed by atoms with Crippen molar-refractivity contribution in [3.63, 3.8) is 0 Å². The Morgan fingerprint density at radius 2 is 2.15 bits per heavy atom. The molecule has 8 nitrogen and oxygen atoms in total. The number of hydrogen-bond acceptors (Lipinski definition) is 6. The molecule has 1 unspecified atom stereocenters. The summed E-state index contributed by atoms with van der Waals surface area (Å²) >= 11 is 0. The monoisotopic (exact) mass is 391 g/mol. The van der Waals surface area contributed by atoms with E-state index in [9.17, 15) is 32.1 Å². The number of alkyl halides is 2. The van der Waals surface area contributed by atoms with E-state index in [0.29, 0.717) is 25.7 Å². The highest BCUT2D eigenvalue weighted by molar-refractivity contribution is 7.91. The fraction of sp³-hybridized carbons (Fsp3) is 0.533. The van der Waals surface area contributed by atoms with E-state index in [-0.39, 0.29) is 17.5 Å². The van der Waals surface area contributed by atoms with Crippen molar-refractivity contribution in [1.29, 1.82) is 0 Å². The zero-order chi connectivity index (χ0) is 19.5. The van der Waals surface area contributed by atoms with Crippen molar-refractivity contribution in [2.75, 3.05) is 24.5 Å². The Bertz CT molecular complexity index is 800. The molecule has 0 radical (unpaired) electrons. The van der Waals surface area contributed by atoms with Crippen molar-refractivity contribution in [3.05, 3.63) is 28.3 Å². The van der Waals surface area contributed by atoms with Gasteiger partial charge in [0.05, 0.1) is 9.82 Å². The number of sulfone groups is 1. The topological polar surface area (TPSA) is 110 Å². The molecule has 1 amide bonds. The van der Waals surface area contributed by atoms with E-state index in [4.69, 9.17) is 0 Å². The third-order valence-corrected chi connectivity index (χ3v) is 5.59. The van der Waals surface area contributed by atoms with Crippen molar-refractivity contribution in [2.45, 2.75) is 30.4 Å². The van der Waals surface area contributed by atoms with Crippen LogP contribution in [0.3, 0.4) is 0 Å². The van der Waals surface area contributed by atoms with E-state index in [2.05, 4.69) is 5.32 Å². The van der Waals surface area contributed by atoms with Gasteiger partial charge in [0.25, 0.3) is 5.69 Å². The highest BCUT2D eigenvalue weighted by Gasteiger charge is 2.31. The van der Waals surface area contributed by atoms with E-state index in [0.717, 1.165) is 18.9 Å². The fourth-order valence-electron chi connectivity index (χ4n) is 2.94. The third kappa shape index (κ3) is 4.45. The van der Waals surface area contributed by atoms with E-state index in [1.165, 1.54) is 13.0 Å². The van der Waals surface area contributed by atoms with Gasteiger partial charge in [-0.3, -0.25) is 14.9 Å². The van der Waals surface area contributed by atoms with Gasteiger partial charge in [-0.25, -0.2) is 8.42 Å². The van der Waals surface area contributed by atoms with Crippen LogP contribution >= 0.6 is 0 Å². The number of nitro benzene ring substituents is 1. The molecule has 1 saturated heterocycles. The normalized spacial score (nSPS) is 18.0. The van der Waals surface area contributed by atoms with Crippen LogP contribution in [0.25, 0.3) is 0 Å². The van der Waals surface area contributed by atoms with Crippen molar-refractivity contribution in [3.8, 4) is 0 Å². The zero-order valence-corrected chi connectivity index (χ0v) is 14.8. The molecule has 0 saturated carbocycles. The van der Waals surface area contributed by atoms with E-state index in [1.807, 2.05) is 0 Å². The SMILES string of the molecule is CC(=O)NCC1CCCN(c2ccc(S(=O)(=O)C(F)F)cc2[N+](=O)[O-])C1. The first-order valence-electron chi connectivity index (χ1n) is 7.92. The number of nitrogens with zero attached hydrogens (tertiary/aromatic N) is 2. The number of hydrogen-bond donors (Lipinski definition) is 1. The minimum Gasteiger partial charge on any atom is -0.366 e. The van der Waals surface area contributed by atoms with Crippen LogP contribution in [0.5, 0.6) is 0 Å². The largest absolute Gasteiger partial charge is 0.366 e. The molecular weight excluding hydrogens is 372 g/mol. The second-order valence-corrected chi connectivity index (χ2v) is 8.02. The number of carbonyl (C=O) groups excluding carboxylic acids is 1. The van der Waals surface area contributed by atoms with E-state index in [1.54, 1.807) is 4.90 Å². The number of carbonyl (C=O) groups is 1. The quantitative estimate of drug-likeness (QED) is 0.586. The van der Waals surface area contributed by atoms with Crippen LogP contribution in [0.1, 0.15) is 19.8 Å². The predicted octanol–water partition coefficient (Wildman–Crippen LogP) is 1.94. The number of amides is 1. The lowest BCUT2D eigenvalue weighted by atomic mass is 9.97. The molecule has 1 atom stereocenters. The third-order valence-electron chi connectivity index (χ3n) is 4.21. The van der Waals surface area contributed by atoms with E-state index >= 15 is 0 Å². The number of benzene rings is 1. The van der Waals surface area contributed by atoms with Gasteiger partial charge in [-0.2, -0.15) is 8.78 Å². The highest BCUT2D eigenvalue weighted by atomic mass is 32.2. The first-order chi connectivity index (χ1) is 12.1. The Morgan fingerprint density at radius 3 is 2.73 bits per heavy atom. The Labute approximate surface area is 149 Å². The Balaban J connectivity index is 2.31. The summed E-state index contributed by atoms with van der Waals surface area (Å²) in [6, 6.07) is 2.82. The summed E-state index contributed by atoms with van der Waals surface area (Å²) in [6.45, 7) is 2.77. The maximum atomic E-state index is 12.7. The molecule has 1 aliphatic rings. The number of piperidine rings is 1. The van der Waals surface area contributed by atoms with Gasteiger partial charge >= 0.3 is 5.76 Å². The van der Waals surface area contributed by atoms with Crippen LogP contribution in [0.4, 0.5) is 20.2 Å². The summed E-state index contributed by atoms with van der Waals surface area (Å²) in [5, 5.41) is 14.1. The van der Waals surface area contributed by atoms with Crippen LogP contribution in [-0.4, -0.2) is 44.6 Å². The molecule has 1 fully saturated rings. The van der Waals surface area contributed by atoms with Crippen molar-refractivity contribution in [2.24, 2.45) is 5.92 Å². The maximum absolute atomic E-state index is 12.7. The average Bonchev–Trinajstić information content (AvgIpc) is 2.59. The summed E-state index contributed by atoms with van der Waals surface area (Å²) in [5.41, 5.74) is -0.359. The molecule has 1 heterocycles. The second kappa shape index (κ2) is 7.94. The van der Waals surface area contributed by atoms with Crippen molar-refractivity contribution >= 4 is 27.1 Å². The van der Waals surface area contributed by atoms with E-state index < -0.39 is 31.1 Å². The molecule has 0 aliphatic carbocycles. The van der Waals surface area contributed by atoms with Gasteiger partial charge in [-0.1, -0.05) is 0 Å². The Hall–Kier alpha value is -2.30. The minimum atomic E-state index is -4.91. The maximum Gasteiger partial charge on any atom is 0.341 e. The molecule has 26 heavy (non-hydrogen) atoms. The number of nitrogens with one attached hydrogen (secondary N) is 1. The van der Waals surface area contributed by atoms with Crippen LogP contribution in [0.2, 0.25) is 0 Å². The predicted molar refractivity (Wildman–Crippen MR) is 89.9 cm³/mol. The Morgan fingerprint density at radius 1 is 1.46 bits per heavy atom. The molecule has 144 valence electrons. The molecule has 11 heteroatoms. The van der Waals surface area contributed by atoms with Gasteiger partial charge in [0, 0.05) is 32.6 Å². The smallest absolute Gasteiger partial charge is 0.341 e. The van der Waals surface area contributed by atoms with Gasteiger partial charge in [-0.15, -0.1) is 0 Å². The van der Waals surface area contributed by atoms with Gasteiger partial charge in [0.15, 0.2) is 0 Å². The standard InChI is InChI=1S/C15H19F2N3O5S/c1-10(21)18-8-11-3-2-6-19(9-11)13-5-4-12(7-14(13)20(22)23)26(24,25)15(16)17/h4-5,7,11,15H,2-3,6,8-9H2,1H3,(H,18,21). The molecule has 1 aromatic rings. The highest BCUT2D eigenvalue weighted by Crippen LogP contribution is 2.34. The van der Waals surface area contributed by atoms with Crippen molar-refractivity contribution in [1.82, 2.24) is 5.32 Å². The van der Waals surface area contributed by atoms with Crippen LogP contribution in [0.15, 0.2) is 23.1 Å². The molecule has 0 aromatic heterocycles. The number of halogens is 2. The fourth-order valence-corrected chi connectivity index (χ4v) is 3.67. The van der Waals surface area contributed by atoms with Crippen molar-refractivity contribution < 1.29 is 26.9 Å². The van der Waals surface area contributed by atoms with Gasteiger partial charge in [0.1, 0.15) is 5.69 Å². The van der Waals surface area contributed by atoms with Crippen LogP contribution < -0.4 is 10.2 Å². The minimum absolute atomic E-state index is 0.0803. The van der Waals surface area contributed by atoms with Crippen LogP contribution in [0, 0.1) is 16.0 Å². The first kappa shape index (κ1) is 20.0. The number of nitro groups is 1. The van der Waals surface area contributed by atoms with Gasteiger partial charge in [0.2, 0.25) is 15.7 Å². The second-order valence-electron chi connectivity index (χ2n) is 6.10. The molecule has 0 spiro atoms. The summed E-state index contributed by atoms with van der Waals surface area (Å²) in [7, 11) is -4.91. The molecular formula is C15H19F2N3O5S. The summed E-state index contributed by atoms with van der Waals surface area (Å²) in [4.78, 5) is 22.5. The summed E-state index contributed by atoms with van der Waals surface area (Å²) < 4.78 is 48.5. The number of rotatable bonds is 6. The van der Waals surface area contributed by atoms with Gasteiger partial charge in [-0.05, 0) is 30.9 Å². The zero-order valence-electron chi connectivity index (χ0n) is 14.0. The van der Waals surface area contributed by atoms with Gasteiger partial charge < -0.3 is 10.2 Å². The van der Waals surface area contributed by atoms with Crippen LogP contribution in [-0.2, 0) is 14.6 Å². The number of anilines is 1. The lowest BCUT2D eigenvalue weighted by Crippen LogP contribution is -2.40. The lowest BCUT2D eigenvalue weighted by molar-refractivity contribution is -0.384. The molecule has 1 N–H and O–H groups in total. The molecule has 0 bridgehead atoms. The summed E-state index contributed by atoms with van der Waals surface area (Å²) in [5.74, 6) is -3.74. The summed E-state index contributed by atoms with van der Waals surface area (Å²) in [6.07, 6.45) is 1.57. The molecule has 2 rings (SSSR count). The molecule has 1 aromatic carbocycles. The molecule has 1 aliphatic heterocycles.